The molecule has 0 spiro atoms. The fraction of sp³-hybridized carbons (Fsp3) is 0.615. The van der Waals surface area contributed by atoms with E-state index in [0.29, 0.717) is 0 Å². The Morgan fingerprint density at radius 1 is 0.477 bits per heavy atom. The molecule has 44 heavy (non-hydrogen) atoms. The molecule has 0 amide bonds. The molecule has 3 nitrogen and oxygen atoms in total. The normalized spacial score (nSPS) is 12.1. The van der Waals surface area contributed by atoms with E-state index in [1.54, 1.807) is 7.16 Å². The van der Waals surface area contributed by atoms with Gasteiger partial charge in [0.2, 0.25) is 0 Å². The van der Waals surface area contributed by atoms with Crippen LogP contribution in [0.3, 0.4) is 0 Å². The molecule has 1 aromatic carbocycles. The second-order valence-corrected chi connectivity index (χ2v) is 39.7. The zero-order valence-electron chi connectivity index (χ0n) is 29.3. The number of hydrogen-bond donors (Lipinski definition) is 0. The van der Waals surface area contributed by atoms with Gasteiger partial charge in [0.05, 0.1) is 0 Å². The summed E-state index contributed by atoms with van der Waals surface area (Å²) in [5, 5.41) is 10.3. The van der Waals surface area contributed by atoms with Crippen molar-refractivity contribution >= 4 is 43.9 Å². The Morgan fingerprint density at radius 3 is 1.39 bits per heavy atom. The number of rotatable bonds is 22. The first-order valence-corrected chi connectivity index (χ1v) is 33.4. The minimum absolute atomic E-state index is 1.06. The summed E-state index contributed by atoms with van der Waals surface area (Å²) in [6.07, 6.45) is 17.8. The van der Waals surface area contributed by atoms with Gasteiger partial charge in [0.25, 0.3) is 0 Å². The summed E-state index contributed by atoms with van der Waals surface area (Å²) in [5.41, 5.74) is 4.70. The molecular formula is C39H63N3Sn2. The number of benzene rings is 1. The fourth-order valence-corrected chi connectivity index (χ4v) is 40.3. The van der Waals surface area contributed by atoms with Gasteiger partial charge in [-0.15, -0.1) is 0 Å². The van der Waals surface area contributed by atoms with E-state index < -0.39 is 36.8 Å². The summed E-state index contributed by atoms with van der Waals surface area (Å²) in [4.78, 5) is 5.34. The average Bonchev–Trinajstić information content (AvgIpc) is 3.08. The van der Waals surface area contributed by atoms with E-state index in [2.05, 4.69) is 96.3 Å². The Morgan fingerprint density at radius 2 is 0.932 bits per heavy atom. The van der Waals surface area contributed by atoms with Crippen LogP contribution < -0.4 is 7.16 Å². The quantitative estimate of drug-likeness (QED) is 0.0949. The number of aromatic nitrogens is 3. The predicted molar refractivity (Wildman–Crippen MR) is 200 cm³/mol. The van der Waals surface area contributed by atoms with Crippen LogP contribution in [-0.4, -0.2) is 51.9 Å². The van der Waals surface area contributed by atoms with E-state index in [-0.39, 0.29) is 0 Å². The van der Waals surface area contributed by atoms with Crippen molar-refractivity contribution in [1.29, 1.82) is 0 Å². The van der Waals surface area contributed by atoms with Crippen LogP contribution in [0, 0.1) is 0 Å². The summed E-state index contributed by atoms with van der Waals surface area (Å²) in [7, 11) is 0. The maximum absolute atomic E-state index is 5.34. The van der Waals surface area contributed by atoms with Gasteiger partial charge in [0, 0.05) is 0 Å². The van der Waals surface area contributed by atoms with Crippen molar-refractivity contribution in [3.05, 3.63) is 54.7 Å². The molecule has 0 atom stereocenters. The molecule has 0 fully saturated rings. The van der Waals surface area contributed by atoms with Crippen LogP contribution in [0.5, 0.6) is 0 Å². The van der Waals surface area contributed by atoms with E-state index in [0.717, 1.165) is 5.69 Å². The first kappa shape index (κ1) is 37.5. The van der Waals surface area contributed by atoms with E-state index in [1.165, 1.54) is 121 Å². The van der Waals surface area contributed by atoms with E-state index in [4.69, 9.17) is 15.2 Å². The molecule has 3 aromatic rings. The van der Waals surface area contributed by atoms with Crippen LogP contribution in [0.15, 0.2) is 54.7 Å². The number of hydrogen-bond acceptors (Lipinski definition) is 3. The molecule has 0 unspecified atom stereocenters. The van der Waals surface area contributed by atoms with Crippen molar-refractivity contribution in [3.8, 4) is 22.6 Å². The first-order chi connectivity index (χ1) is 21.5. The maximum atomic E-state index is 5.34. The molecule has 0 radical (unpaired) electrons. The molecule has 0 aliphatic carbocycles. The molecule has 2 aromatic heterocycles. The molecule has 0 bridgehead atoms. The first-order valence-electron chi connectivity index (χ1n) is 18.4. The van der Waals surface area contributed by atoms with Crippen LogP contribution in [0.2, 0.25) is 26.6 Å². The number of unbranched alkanes of at least 4 members (excludes halogenated alkanes) is 6. The standard InChI is InChI=1S/C15H9N3.6C4H9.2Sn/c1-2-6-12(7-3-1)13-9-10-15(18-17-13)14-8-4-5-11-16-14;6*1-3-4-2;;/h1-7,9,11H;6*1,3-4H2,2H3;;. The van der Waals surface area contributed by atoms with Gasteiger partial charge in [-0.2, -0.15) is 0 Å². The van der Waals surface area contributed by atoms with E-state index in [1.807, 2.05) is 0 Å². The molecule has 0 saturated carbocycles. The third-order valence-electron chi connectivity index (χ3n) is 10.1. The van der Waals surface area contributed by atoms with Crippen LogP contribution >= 0.6 is 0 Å². The Kier molecular flexibility index (Phi) is 17.3. The summed E-state index contributed by atoms with van der Waals surface area (Å²) in [6.45, 7) is 14.3. The zero-order chi connectivity index (χ0) is 31.7. The molecule has 0 aliphatic heterocycles. The summed E-state index contributed by atoms with van der Waals surface area (Å²) in [6, 6.07) is 18.1. The van der Waals surface area contributed by atoms with Gasteiger partial charge >= 0.3 is 282 Å². The van der Waals surface area contributed by atoms with Gasteiger partial charge in [0.15, 0.2) is 0 Å². The van der Waals surface area contributed by atoms with Crippen molar-refractivity contribution in [3.63, 3.8) is 0 Å². The van der Waals surface area contributed by atoms with Gasteiger partial charge in [0.1, 0.15) is 0 Å². The van der Waals surface area contributed by atoms with Crippen LogP contribution in [0.25, 0.3) is 22.6 Å². The Hall–Kier alpha value is -0.953. The van der Waals surface area contributed by atoms with Crippen LogP contribution in [-0.2, 0) is 0 Å². The van der Waals surface area contributed by atoms with Crippen molar-refractivity contribution in [1.82, 2.24) is 15.2 Å². The van der Waals surface area contributed by atoms with Gasteiger partial charge in [-0.25, -0.2) is 0 Å². The predicted octanol–water partition coefficient (Wildman–Crippen LogP) is 11.3. The summed E-state index contributed by atoms with van der Waals surface area (Å²) < 4.78 is 11.9. The van der Waals surface area contributed by atoms with Crippen molar-refractivity contribution in [2.24, 2.45) is 0 Å². The second kappa shape index (κ2) is 20.3. The molecule has 242 valence electrons. The van der Waals surface area contributed by atoms with Gasteiger partial charge in [-0.3, -0.25) is 0 Å². The van der Waals surface area contributed by atoms with Gasteiger partial charge in [-0.05, 0) is 0 Å². The van der Waals surface area contributed by atoms with E-state index >= 15 is 0 Å². The van der Waals surface area contributed by atoms with Crippen LogP contribution in [0.4, 0.5) is 0 Å². The Labute approximate surface area is 279 Å². The molecule has 0 aliphatic rings. The number of nitrogens with zero attached hydrogens (tertiary/aromatic N) is 3. The Bertz CT molecular complexity index is 1170. The van der Waals surface area contributed by atoms with Crippen molar-refractivity contribution in [2.45, 2.75) is 145 Å². The third kappa shape index (κ3) is 10.0. The zero-order valence-corrected chi connectivity index (χ0v) is 35.0. The fourth-order valence-electron chi connectivity index (χ4n) is 7.39. The topological polar surface area (TPSA) is 38.7 Å². The molecular weight excluding hydrogens is 748 g/mol. The molecule has 5 heteroatoms. The summed E-state index contributed by atoms with van der Waals surface area (Å²) in [5.74, 6) is 0. The average molecular weight is 811 g/mol. The minimum atomic E-state index is -2.93. The Balaban J connectivity index is 2.38. The molecule has 2 heterocycles. The molecule has 0 N–H and O–H groups in total. The van der Waals surface area contributed by atoms with Crippen molar-refractivity contribution < 1.29 is 0 Å². The monoisotopic (exact) mass is 813 g/mol. The summed E-state index contributed by atoms with van der Waals surface area (Å²) >= 11 is -5.73. The van der Waals surface area contributed by atoms with Gasteiger partial charge < -0.3 is 0 Å². The van der Waals surface area contributed by atoms with Crippen LogP contribution in [0.1, 0.15) is 119 Å². The molecule has 0 saturated heterocycles. The second-order valence-electron chi connectivity index (χ2n) is 13.4. The SMILES string of the molecule is CCC[CH2][Sn]([CH2]CCC)([CH2]CCC)[c]1cccnc1-c1nnc(-c2ccccc2)c[c]1[Sn]([CH2]CCC)([CH2]CCC)[CH2]CCC. The van der Waals surface area contributed by atoms with Gasteiger partial charge in [-0.1, -0.05) is 0 Å². The van der Waals surface area contributed by atoms with Crippen molar-refractivity contribution in [2.75, 3.05) is 0 Å². The van der Waals surface area contributed by atoms with E-state index in [9.17, 15) is 0 Å². The third-order valence-corrected chi connectivity index (χ3v) is 41.3. The molecule has 3 rings (SSSR count). The number of pyridine rings is 1.